The molecule has 3 heterocycles. The zero-order valence-electron chi connectivity index (χ0n) is 30.3. The van der Waals surface area contributed by atoms with E-state index in [0.717, 1.165) is 48.4 Å². The van der Waals surface area contributed by atoms with E-state index in [9.17, 15) is 4.39 Å². The molecule has 0 aliphatic carbocycles. The van der Waals surface area contributed by atoms with Crippen LogP contribution in [0.2, 0.25) is 19.6 Å². The van der Waals surface area contributed by atoms with Crippen molar-refractivity contribution in [2.45, 2.75) is 60.2 Å². The van der Waals surface area contributed by atoms with Crippen LogP contribution in [-0.2, 0) is 20.1 Å². The van der Waals surface area contributed by atoms with Crippen LogP contribution in [0, 0.1) is 38.7 Å². The van der Waals surface area contributed by atoms with Gasteiger partial charge in [-0.25, -0.2) is 0 Å². The van der Waals surface area contributed by atoms with Crippen molar-refractivity contribution in [2.24, 2.45) is 0 Å². The minimum atomic E-state index is -1.50. The standard InChI is InChI=1S/C26H19FNS.C17H22NSi.Ir/c1-15-12-16(2)24(17(3)13-15)18-10-11-28-22(14-18)19-8-9-21(27)25-20-6-4-5-7-23(20)29-26(19)25;1-13(2)15-11-16(14-9-7-6-8-10-14)18-12-17(15)19(3,4)5;/h4-7,9-14H,1-3H3;6-9,11-13H,1-5H3;/q2*-1;/i;13D;. The number of benzene rings is 4. The molecule has 251 valence electrons. The van der Waals surface area contributed by atoms with Crippen LogP contribution in [0.5, 0.6) is 0 Å². The van der Waals surface area contributed by atoms with Crippen LogP contribution in [-0.4, -0.2) is 18.0 Å². The number of hydrogen-bond donors (Lipinski definition) is 0. The molecule has 2 nitrogen and oxygen atoms in total. The predicted molar refractivity (Wildman–Crippen MR) is 207 cm³/mol. The van der Waals surface area contributed by atoms with Gasteiger partial charge in [0.2, 0.25) is 0 Å². The molecule has 0 fully saturated rings. The summed E-state index contributed by atoms with van der Waals surface area (Å²) in [5.41, 5.74) is 10.8. The summed E-state index contributed by atoms with van der Waals surface area (Å²) >= 11 is 1.60. The third-order valence-electron chi connectivity index (χ3n) is 8.62. The van der Waals surface area contributed by atoms with Crippen molar-refractivity contribution in [3.05, 3.63) is 138 Å². The molecule has 6 heteroatoms. The first-order valence-corrected chi connectivity index (χ1v) is 20.6. The summed E-state index contributed by atoms with van der Waals surface area (Å²) in [7, 11) is -1.50. The van der Waals surface area contributed by atoms with Gasteiger partial charge in [-0.15, -0.1) is 53.6 Å². The van der Waals surface area contributed by atoms with E-state index >= 15 is 0 Å². The first-order valence-electron chi connectivity index (χ1n) is 16.8. The van der Waals surface area contributed by atoms with Crippen LogP contribution >= 0.6 is 11.3 Å². The molecule has 0 unspecified atom stereocenters. The maximum absolute atomic E-state index is 14.7. The Morgan fingerprint density at radius 3 is 2.24 bits per heavy atom. The summed E-state index contributed by atoms with van der Waals surface area (Å²) < 4.78 is 25.1. The minimum Gasteiger partial charge on any atom is -0.305 e. The van der Waals surface area contributed by atoms with Gasteiger partial charge in [0.1, 0.15) is 0 Å². The molecule has 0 aliphatic heterocycles. The van der Waals surface area contributed by atoms with Crippen LogP contribution in [0.15, 0.2) is 97.3 Å². The van der Waals surface area contributed by atoms with Gasteiger partial charge >= 0.3 is 0 Å². The zero-order chi connectivity index (χ0) is 35.1. The Kier molecular flexibility index (Phi) is 10.7. The van der Waals surface area contributed by atoms with Gasteiger partial charge in [0.05, 0.1) is 8.07 Å². The van der Waals surface area contributed by atoms with Gasteiger partial charge in [0.15, 0.2) is 0 Å². The molecule has 0 aliphatic rings. The summed E-state index contributed by atoms with van der Waals surface area (Å²) in [6.07, 6.45) is 3.81. The van der Waals surface area contributed by atoms with Gasteiger partial charge in [-0.05, 0) is 93.1 Å². The molecule has 0 bridgehead atoms. The molecule has 7 rings (SSSR count). The fraction of sp³-hybridized carbons (Fsp3) is 0.209. The summed E-state index contributed by atoms with van der Waals surface area (Å²) in [5, 5.41) is 2.88. The van der Waals surface area contributed by atoms with Crippen LogP contribution in [0.25, 0.3) is 53.8 Å². The number of pyridine rings is 2. The Bertz CT molecular complexity index is 2280. The molecule has 3 aromatic heterocycles. The van der Waals surface area contributed by atoms with Gasteiger partial charge in [-0.2, -0.15) is 11.3 Å². The normalized spacial score (nSPS) is 11.9. The molecule has 1 radical (unpaired) electrons. The summed E-state index contributed by atoms with van der Waals surface area (Å²) in [4.78, 5) is 9.22. The first kappa shape index (κ1) is 35.0. The van der Waals surface area contributed by atoms with Crippen molar-refractivity contribution >= 4 is 44.8 Å². The largest absolute Gasteiger partial charge is 0.305 e. The number of fused-ring (bicyclic) bond motifs is 3. The SMILES string of the molecule is Cc1cc(C)c(-c2ccnc(-c3[c-]cc(F)c4c3sc3ccccc34)c2)c(C)c1.[2H]C(C)(C)c1cc(-c2[c-]cccc2)ncc1[Si](C)(C)C.[Ir]. The van der Waals surface area contributed by atoms with Crippen LogP contribution in [0.3, 0.4) is 0 Å². The van der Waals surface area contributed by atoms with E-state index in [1.165, 1.54) is 33.5 Å². The van der Waals surface area contributed by atoms with Crippen LogP contribution in [0.4, 0.5) is 4.39 Å². The van der Waals surface area contributed by atoms with Crippen molar-refractivity contribution in [3.63, 3.8) is 0 Å². The van der Waals surface area contributed by atoms with Crippen LogP contribution < -0.4 is 5.19 Å². The number of aryl methyl sites for hydroxylation is 3. The van der Waals surface area contributed by atoms with Crippen molar-refractivity contribution in [3.8, 4) is 33.6 Å². The van der Waals surface area contributed by atoms with E-state index in [1.54, 1.807) is 11.3 Å². The second-order valence-electron chi connectivity index (χ2n) is 13.7. The Balaban J connectivity index is 0.000000204. The number of thiophene rings is 1. The Labute approximate surface area is 310 Å². The molecule has 49 heavy (non-hydrogen) atoms. The fourth-order valence-electron chi connectivity index (χ4n) is 6.45. The van der Waals surface area contributed by atoms with Crippen molar-refractivity contribution in [1.82, 2.24) is 9.97 Å². The quantitative estimate of drug-likeness (QED) is 0.127. The van der Waals surface area contributed by atoms with Crippen LogP contribution in [0.1, 0.15) is 43.4 Å². The fourth-order valence-corrected chi connectivity index (χ4v) is 9.25. The van der Waals surface area contributed by atoms with Gasteiger partial charge < -0.3 is 9.97 Å². The Morgan fingerprint density at radius 2 is 1.57 bits per heavy atom. The smallest absolute Gasteiger partial charge is 0.0799 e. The summed E-state index contributed by atoms with van der Waals surface area (Å²) in [6.45, 7) is 17.2. The van der Waals surface area contributed by atoms with E-state index in [0.29, 0.717) is 5.39 Å². The predicted octanol–water partition coefficient (Wildman–Crippen LogP) is 11.9. The molecule has 0 spiro atoms. The number of aromatic nitrogens is 2. The van der Waals surface area contributed by atoms with Gasteiger partial charge in [-0.3, -0.25) is 4.39 Å². The first-order chi connectivity index (χ1) is 23.2. The molecule has 0 saturated carbocycles. The van der Waals surface area contributed by atoms with Crippen molar-refractivity contribution in [1.29, 1.82) is 0 Å². The monoisotopic (exact) mass is 858 g/mol. The minimum absolute atomic E-state index is 0. The molecule has 0 saturated heterocycles. The third-order valence-corrected chi connectivity index (χ3v) is 11.8. The second kappa shape index (κ2) is 15.0. The van der Waals surface area contributed by atoms with E-state index in [-0.39, 0.29) is 25.9 Å². The number of halogens is 1. The molecule has 0 amide bonds. The molecule has 0 N–H and O–H groups in total. The molecule has 0 atom stereocenters. The number of rotatable bonds is 5. The van der Waals surface area contributed by atoms with Crippen molar-refractivity contribution < 1.29 is 25.9 Å². The summed E-state index contributed by atoms with van der Waals surface area (Å²) in [6, 6.07) is 34.2. The van der Waals surface area contributed by atoms with E-state index < -0.39 is 14.0 Å². The molecule has 7 aromatic rings. The average Bonchev–Trinajstić information content (AvgIpc) is 3.45. The topological polar surface area (TPSA) is 25.8 Å². The van der Waals surface area contributed by atoms with Gasteiger partial charge in [0.25, 0.3) is 0 Å². The third kappa shape index (κ3) is 7.68. The Morgan fingerprint density at radius 1 is 0.857 bits per heavy atom. The van der Waals surface area contributed by atoms with Gasteiger partial charge in [0, 0.05) is 44.4 Å². The van der Waals surface area contributed by atoms with E-state index in [4.69, 9.17) is 1.37 Å². The average molecular weight is 858 g/mol. The molecular formula is C43H41FIrN2SSi-2. The maximum atomic E-state index is 14.7. The van der Waals surface area contributed by atoms with Gasteiger partial charge in [-0.1, -0.05) is 87.1 Å². The van der Waals surface area contributed by atoms with E-state index in [2.05, 4.69) is 86.8 Å². The summed E-state index contributed by atoms with van der Waals surface area (Å²) in [5.74, 6) is -0.843. The number of hydrogen-bond acceptors (Lipinski definition) is 3. The zero-order valence-corrected chi connectivity index (χ0v) is 33.5. The maximum Gasteiger partial charge on any atom is 0.0799 e. The Hall–Kier alpha value is -3.80. The number of nitrogens with zero attached hydrogens (tertiary/aromatic N) is 2. The molecular weight excluding hydrogens is 816 g/mol. The van der Waals surface area contributed by atoms with Crippen molar-refractivity contribution in [2.75, 3.05) is 0 Å². The second-order valence-corrected chi connectivity index (χ2v) is 19.7. The molecule has 4 aromatic carbocycles. The van der Waals surface area contributed by atoms with E-state index in [1.807, 2.05) is 80.8 Å².